The van der Waals surface area contributed by atoms with Crippen molar-refractivity contribution >= 4 is 43.6 Å². The van der Waals surface area contributed by atoms with E-state index in [0.717, 1.165) is 39.1 Å². The lowest BCUT2D eigenvalue weighted by molar-refractivity contribution is 0.783. The first-order chi connectivity index (χ1) is 25.8. The lowest BCUT2D eigenvalue weighted by Gasteiger charge is -2.35. The minimum atomic E-state index is -0.597. The number of aromatic nitrogens is 3. The summed E-state index contributed by atoms with van der Waals surface area (Å²) >= 11 is 0. The second kappa shape index (κ2) is 11.1. The lowest BCUT2D eigenvalue weighted by Crippen LogP contribution is -2.29. The van der Waals surface area contributed by atoms with Crippen LogP contribution in [0.5, 0.6) is 0 Å². The number of fused-ring (bicyclic) bond motifs is 10. The van der Waals surface area contributed by atoms with E-state index in [2.05, 4.69) is 174 Å². The predicted octanol–water partition coefficient (Wildman–Crippen LogP) is 11.9. The van der Waals surface area contributed by atoms with Crippen LogP contribution in [0.25, 0.3) is 71.8 Å². The molecule has 3 nitrogen and oxygen atoms in total. The van der Waals surface area contributed by atoms with E-state index in [1.807, 2.05) is 18.2 Å². The van der Waals surface area contributed by atoms with Crippen LogP contribution in [0.15, 0.2) is 188 Å². The zero-order valence-electron chi connectivity index (χ0n) is 28.2. The summed E-state index contributed by atoms with van der Waals surface area (Å²) in [5.74, 6) is 0.821. The van der Waals surface area contributed by atoms with Gasteiger partial charge in [0.15, 0.2) is 5.82 Å². The molecule has 10 aromatic rings. The molecule has 0 radical (unpaired) electrons. The van der Waals surface area contributed by atoms with Gasteiger partial charge in [-0.05, 0) is 68.4 Å². The van der Waals surface area contributed by atoms with Crippen molar-refractivity contribution in [2.45, 2.75) is 5.41 Å². The number of hydrogen-bond donors (Lipinski definition) is 0. The third kappa shape index (κ3) is 3.91. The first-order valence-corrected chi connectivity index (χ1v) is 17.9. The molecule has 2 heterocycles. The van der Waals surface area contributed by atoms with Crippen LogP contribution in [0.1, 0.15) is 22.3 Å². The molecule has 8 aromatic carbocycles. The molecule has 0 saturated carbocycles. The molecule has 1 aliphatic rings. The van der Waals surface area contributed by atoms with Crippen molar-refractivity contribution < 1.29 is 0 Å². The van der Waals surface area contributed by atoms with Crippen molar-refractivity contribution in [3.8, 4) is 28.2 Å². The summed E-state index contributed by atoms with van der Waals surface area (Å²) in [4.78, 5) is 10.7. The molecule has 0 bridgehead atoms. The Balaban J connectivity index is 1.36. The highest BCUT2D eigenvalue weighted by Crippen LogP contribution is 2.61. The Morgan fingerprint density at radius 2 is 0.962 bits per heavy atom. The van der Waals surface area contributed by atoms with Crippen LogP contribution in [0, 0.1) is 0 Å². The van der Waals surface area contributed by atoms with Crippen molar-refractivity contribution in [1.29, 1.82) is 0 Å². The molecule has 1 aliphatic carbocycles. The fourth-order valence-corrected chi connectivity index (χ4v) is 8.98. The van der Waals surface area contributed by atoms with Crippen molar-refractivity contribution in [2.75, 3.05) is 0 Å². The molecule has 0 atom stereocenters. The molecule has 0 aliphatic heterocycles. The van der Waals surface area contributed by atoms with E-state index in [-0.39, 0.29) is 0 Å². The second-order valence-corrected chi connectivity index (χ2v) is 13.7. The number of benzene rings is 8. The molecule has 0 fully saturated rings. The first kappa shape index (κ1) is 28.9. The Hall–Kier alpha value is -6.84. The zero-order valence-corrected chi connectivity index (χ0v) is 28.2. The van der Waals surface area contributed by atoms with E-state index in [0.29, 0.717) is 0 Å². The maximum Gasteiger partial charge on any atom is 0.165 e. The summed E-state index contributed by atoms with van der Waals surface area (Å²) in [6.45, 7) is 0. The topological polar surface area (TPSA) is 30.7 Å². The van der Waals surface area contributed by atoms with Crippen LogP contribution in [0.3, 0.4) is 0 Å². The fourth-order valence-electron chi connectivity index (χ4n) is 8.98. The van der Waals surface area contributed by atoms with Gasteiger partial charge < -0.3 is 0 Å². The summed E-state index contributed by atoms with van der Waals surface area (Å²) in [5.41, 5.74) is 12.9. The Labute approximate surface area is 301 Å². The van der Waals surface area contributed by atoms with E-state index in [1.54, 1.807) is 0 Å². The van der Waals surface area contributed by atoms with E-state index in [4.69, 9.17) is 9.97 Å². The Morgan fingerprint density at radius 1 is 0.404 bits per heavy atom. The quantitative estimate of drug-likeness (QED) is 0.188. The summed E-state index contributed by atoms with van der Waals surface area (Å²) < 4.78 is 2.36. The maximum absolute atomic E-state index is 5.42. The average molecular weight is 662 g/mol. The van der Waals surface area contributed by atoms with Gasteiger partial charge >= 0.3 is 0 Å². The van der Waals surface area contributed by atoms with Gasteiger partial charge in [0.1, 0.15) is 5.69 Å². The van der Waals surface area contributed by atoms with Gasteiger partial charge in [-0.25, -0.2) is 9.97 Å². The molecule has 0 N–H and O–H groups in total. The predicted molar refractivity (Wildman–Crippen MR) is 214 cm³/mol. The summed E-state index contributed by atoms with van der Waals surface area (Å²) in [7, 11) is 0. The van der Waals surface area contributed by atoms with Gasteiger partial charge in [0, 0.05) is 16.3 Å². The number of nitrogens with zero attached hydrogens (tertiary/aromatic N) is 3. The lowest BCUT2D eigenvalue weighted by atomic mass is 9.66. The molecular weight excluding hydrogens is 631 g/mol. The van der Waals surface area contributed by atoms with Gasteiger partial charge in [0.25, 0.3) is 0 Å². The molecule has 0 spiro atoms. The van der Waals surface area contributed by atoms with Crippen molar-refractivity contribution in [3.63, 3.8) is 0 Å². The van der Waals surface area contributed by atoms with Gasteiger partial charge in [-0.1, -0.05) is 164 Å². The Bertz CT molecular complexity index is 2960. The van der Waals surface area contributed by atoms with Crippen molar-refractivity contribution in [1.82, 2.24) is 14.5 Å². The van der Waals surface area contributed by atoms with Gasteiger partial charge in [-0.3, -0.25) is 4.57 Å². The Morgan fingerprint density at radius 3 is 1.69 bits per heavy atom. The molecule has 0 amide bonds. The molecule has 2 aromatic heterocycles. The maximum atomic E-state index is 5.42. The second-order valence-electron chi connectivity index (χ2n) is 13.7. The minimum Gasteiger partial charge on any atom is -0.292 e. The third-order valence-electron chi connectivity index (χ3n) is 11.0. The molecule has 0 unspecified atom stereocenters. The SMILES string of the molecule is c1ccc(-c2nc3ccccc3nc2-n2c3ccccc3c3c4c(ccc32)-c2ccc3ccccc3c2C4(c2ccccc2)c2ccccc2)cc1. The van der Waals surface area contributed by atoms with Crippen LogP contribution in [-0.4, -0.2) is 14.5 Å². The fraction of sp³-hybridized carbons (Fsp3) is 0.0204. The molecule has 242 valence electrons. The molecule has 3 heteroatoms. The third-order valence-corrected chi connectivity index (χ3v) is 11.0. The Kier molecular flexibility index (Phi) is 6.17. The van der Waals surface area contributed by atoms with Crippen LogP contribution < -0.4 is 0 Å². The normalized spacial score (nSPS) is 13.2. The smallest absolute Gasteiger partial charge is 0.165 e. The highest BCUT2D eigenvalue weighted by molar-refractivity contribution is 6.16. The molecular formula is C49H31N3. The number of hydrogen-bond acceptors (Lipinski definition) is 2. The largest absolute Gasteiger partial charge is 0.292 e. The van der Waals surface area contributed by atoms with Gasteiger partial charge in [-0.2, -0.15) is 0 Å². The monoisotopic (exact) mass is 661 g/mol. The van der Waals surface area contributed by atoms with Crippen LogP contribution >= 0.6 is 0 Å². The number of para-hydroxylation sites is 3. The summed E-state index contributed by atoms with van der Waals surface area (Å²) in [6.07, 6.45) is 0. The zero-order chi connectivity index (χ0) is 34.2. The van der Waals surface area contributed by atoms with Gasteiger partial charge in [0.2, 0.25) is 0 Å². The van der Waals surface area contributed by atoms with Crippen LogP contribution in [0.2, 0.25) is 0 Å². The summed E-state index contributed by atoms with van der Waals surface area (Å²) in [6, 6.07) is 67.9. The van der Waals surface area contributed by atoms with E-state index < -0.39 is 5.41 Å². The van der Waals surface area contributed by atoms with Crippen LogP contribution in [-0.2, 0) is 5.41 Å². The first-order valence-electron chi connectivity index (χ1n) is 17.9. The van der Waals surface area contributed by atoms with Crippen molar-refractivity contribution in [3.05, 3.63) is 210 Å². The summed E-state index contributed by atoms with van der Waals surface area (Å²) in [5, 5.41) is 4.93. The average Bonchev–Trinajstić information content (AvgIpc) is 3.72. The number of rotatable bonds is 4. The minimum absolute atomic E-state index is 0.597. The molecule has 0 saturated heterocycles. The van der Waals surface area contributed by atoms with E-state index in [9.17, 15) is 0 Å². The highest BCUT2D eigenvalue weighted by Gasteiger charge is 2.49. The molecule has 11 rings (SSSR count). The highest BCUT2D eigenvalue weighted by atomic mass is 15.1. The van der Waals surface area contributed by atoms with Gasteiger partial charge in [0.05, 0.1) is 27.5 Å². The van der Waals surface area contributed by atoms with E-state index in [1.165, 1.54) is 54.9 Å². The van der Waals surface area contributed by atoms with Crippen LogP contribution in [0.4, 0.5) is 0 Å². The van der Waals surface area contributed by atoms with Gasteiger partial charge in [-0.15, -0.1) is 0 Å². The standard InChI is InChI=1S/C49H31N3/c1-4-17-33(18-5-1)47-48(51-41-26-14-13-25-40(41)50-47)52-42-27-15-12-24-39(42)44-43(52)31-30-38-37-29-28-32-16-10-11-23-36(32)45(37)49(46(38)44,34-19-6-2-7-20-34)35-21-8-3-9-22-35/h1-31H. The molecule has 52 heavy (non-hydrogen) atoms. The van der Waals surface area contributed by atoms with Crippen molar-refractivity contribution in [2.24, 2.45) is 0 Å². The van der Waals surface area contributed by atoms with E-state index >= 15 is 0 Å².